The molecule has 0 aliphatic heterocycles. The van der Waals surface area contributed by atoms with Gasteiger partial charge in [0, 0.05) is 6.42 Å². The molecule has 74 valence electrons. The Morgan fingerprint density at radius 3 is 2.50 bits per heavy atom. The fourth-order valence-electron chi connectivity index (χ4n) is 1.15. The first-order valence-electron chi connectivity index (χ1n) is 4.05. The monoisotopic (exact) mass is 194 g/mol. The summed E-state index contributed by atoms with van der Waals surface area (Å²) < 4.78 is 0. The van der Waals surface area contributed by atoms with Crippen LogP contribution in [0, 0.1) is 0 Å². The zero-order valence-corrected chi connectivity index (χ0v) is 7.65. The van der Waals surface area contributed by atoms with Gasteiger partial charge in [0.25, 0.3) is 0 Å². The number of benzene rings is 1. The van der Waals surface area contributed by atoms with Crippen LogP contribution in [0.15, 0.2) is 18.2 Å². The number of aromatic carboxylic acids is 1. The summed E-state index contributed by atoms with van der Waals surface area (Å²) in [5.74, 6) is -1.54. The highest BCUT2D eigenvalue weighted by Crippen LogP contribution is 2.18. The van der Waals surface area contributed by atoms with E-state index in [1.54, 1.807) is 0 Å². The van der Waals surface area contributed by atoms with Crippen LogP contribution in [0.3, 0.4) is 0 Å². The first-order chi connectivity index (χ1) is 6.50. The van der Waals surface area contributed by atoms with Crippen LogP contribution in [-0.4, -0.2) is 22.0 Å². The molecule has 0 saturated heterocycles. The first-order valence-corrected chi connectivity index (χ1v) is 4.05. The van der Waals surface area contributed by atoms with E-state index in [2.05, 4.69) is 0 Å². The molecule has 0 bridgehead atoms. The topological polar surface area (TPSA) is 74.6 Å². The number of ketones is 1. The van der Waals surface area contributed by atoms with E-state index in [4.69, 9.17) is 5.11 Å². The van der Waals surface area contributed by atoms with Crippen LogP contribution in [0.4, 0.5) is 0 Å². The number of Topliss-reactive ketones (excluding diaryl/α,β-unsaturated/α-hetero) is 1. The predicted molar refractivity (Wildman–Crippen MR) is 49.5 cm³/mol. The van der Waals surface area contributed by atoms with E-state index in [1.165, 1.54) is 25.1 Å². The van der Waals surface area contributed by atoms with E-state index in [0.29, 0.717) is 5.56 Å². The molecule has 0 spiro atoms. The third-order valence-electron chi connectivity index (χ3n) is 1.74. The molecule has 2 N–H and O–H groups in total. The molecule has 0 amide bonds. The van der Waals surface area contributed by atoms with Crippen LogP contribution in [0.25, 0.3) is 0 Å². The van der Waals surface area contributed by atoms with Crippen molar-refractivity contribution in [3.8, 4) is 5.75 Å². The number of phenols is 1. The molecule has 14 heavy (non-hydrogen) atoms. The van der Waals surface area contributed by atoms with Gasteiger partial charge in [-0.25, -0.2) is 4.79 Å². The molecule has 0 aliphatic carbocycles. The van der Waals surface area contributed by atoms with Crippen molar-refractivity contribution >= 4 is 11.8 Å². The lowest BCUT2D eigenvalue weighted by Crippen LogP contribution is -2.01. The lowest BCUT2D eigenvalue weighted by atomic mass is 10.1. The normalized spacial score (nSPS) is 9.79. The quantitative estimate of drug-likeness (QED) is 0.758. The van der Waals surface area contributed by atoms with Gasteiger partial charge in [-0.3, -0.25) is 4.79 Å². The Morgan fingerprint density at radius 2 is 2.00 bits per heavy atom. The largest absolute Gasteiger partial charge is 0.507 e. The number of carboxylic acid groups (broad SMARTS) is 1. The lowest BCUT2D eigenvalue weighted by molar-refractivity contribution is -0.116. The van der Waals surface area contributed by atoms with Gasteiger partial charge in [0.05, 0.1) is 0 Å². The summed E-state index contributed by atoms with van der Waals surface area (Å²) in [7, 11) is 0. The van der Waals surface area contributed by atoms with Gasteiger partial charge in [0.1, 0.15) is 17.1 Å². The van der Waals surface area contributed by atoms with E-state index in [9.17, 15) is 14.7 Å². The Morgan fingerprint density at radius 1 is 1.36 bits per heavy atom. The van der Waals surface area contributed by atoms with Crippen molar-refractivity contribution in [2.24, 2.45) is 0 Å². The van der Waals surface area contributed by atoms with Crippen molar-refractivity contribution in [3.63, 3.8) is 0 Å². The van der Waals surface area contributed by atoms with Gasteiger partial charge in [0.15, 0.2) is 0 Å². The third-order valence-corrected chi connectivity index (χ3v) is 1.74. The van der Waals surface area contributed by atoms with Gasteiger partial charge in [-0.15, -0.1) is 0 Å². The molecule has 0 aromatic heterocycles. The van der Waals surface area contributed by atoms with Crippen LogP contribution in [-0.2, 0) is 11.2 Å². The number of carbonyl (C=O) groups excluding carboxylic acids is 1. The SMILES string of the molecule is CC(=O)Cc1ccc(O)c(C(=O)O)c1. The second-order valence-corrected chi connectivity index (χ2v) is 3.04. The molecular formula is C10H10O4. The highest BCUT2D eigenvalue weighted by molar-refractivity contribution is 5.91. The Balaban J connectivity index is 3.06. The number of aromatic hydroxyl groups is 1. The molecular weight excluding hydrogens is 184 g/mol. The lowest BCUT2D eigenvalue weighted by Gasteiger charge is -2.02. The number of rotatable bonds is 3. The molecule has 1 rings (SSSR count). The molecule has 1 aromatic carbocycles. The molecule has 0 heterocycles. The maximum atomic E-state index is 10.8. The minimum Gasteiger partial charge on any atom is -0.507 e. The van der Waals surface area contributed by atoms with Crippen LogP contribution >= 0.6 is 0 Å². The minimum absolute atomic E-state index is 0.0490. The summed E-state index contributed by atoms with van der Waals surface area (Å²) in [5.41, 5.74) is 0.413. The molecule has 1 aromatic rings. The summed E-state index contributed by atoms with van der Waals surface area (Å²) >= 11 is 0. The maximum Gasteiger partial charge on any atom is 0.339 e. The number of hydrogen-bond acceptors (Lipinski definition) is 3. The van der Waals surface area contributed by atoms with Gasteiger partial charge in [-0.2, -0.15) is 0 Å². The maximum absolute atomic E-state index is 10.8. The molecule has 0 radical (unpaired) electrons. The fourth-order valence-corrected chi connectivity index (χ4v) is 1.15. The standard InChI is InChI=1S/C10H10O4/c1-6(11)4-7-2-3-9(12)8(5-7)10(13)14/h2-3,5,12H,4H2,1H3,(H,13,14). The molecule has 0 aliphatic rings. The van der Waals surface area contributed by atoms with E-state index in [1.807, 2.05) is 0 Å². The molecule has 4 nitrogen and oxygen atoms in total. The number of hydrogen-bond donors (Lipinski definition) is 2. The van der Waals surface area contributed by atoms with Crippen molar-refractivity contribution < 1.29 is 19.8 Å². The Hall–Kier alpha value is -1.84. The first kappa shape index (κ1) is 10.2. The second-order valence-electron chi connectivity index (χ2n) is 3.04. The van der Waals surface area contributed by atoms with Gasteiger partial charge in [-0.05, 0) is 24.6 Å². The second kappa shape index (κ2) is 3.91. The molecule has 4 heteroatoms. The smallest absolute Gasteiger partial charge is 0.339 e. The van der Waals surface area contributed by atoms with Crippen LogP contribution in [0.1, 0.15) is 22.8 Å². The highest BCUT2D eigenvalue weighted by Gasteiger charge is 2.10. The summed E-state index contributed by atoms with van der Waals surface area (Å²) in [6.45, 7) is 1.42. The van der Waals surface area contributed by atoms with Crippen molar-refractivity contribution in [2.45, 2.75) is 13.3 Å². The zero-order chi connectivity index (χ0) is 10.7. The average molecular weight is 194 g/mol. The average Bonchev–Trinajstić information content (AvgIpc) is 2.07. The number of carboxylic acids is 1. The van der Waals surface area contributed by atoms with Crippen LogP contribution < -0.4 is 0 Å². The summed E-state index contributed by atoms with van der Waals surface area (Å²) in [4.78, 5) is 21.4. The van der Waals surface area contributed by atoms with Crippen molar-refractivity contribution in [2.75, 3.05) is 0 Å². The van der Waals surface area contributed by atoms with Crippen LogP contribution in [0.2, 0.25) is 0 Å². The molecule has 0 fully saturated rings. The summed E-state index contributed by atoms with van der Waals surface area (Å²) in [6.07, 6.45) is 0.181. The third kappa shape index (κ3) is 2.32. The van der Waals surface area contributed by atoms with E-state index in [0.717, 1.165) is 0 Å². The predicted octanol–water partition coefficient (Wildman–Crippen LogP) is 1.22. The van der Waals surface area contributed by atoms with Gasteiger partial charge < -0.3 is 10.2 Å². The summed E-state index contributed by atoms with van der Waals surface area (Å²) in [6, 6.07) is 4.12. The van der Waals surface area contributed by atoms with Gasteiger partial charge >= 0.3 is 5.97 Å². The Kier molecular flexibility index (Phi) is 2.86. The summed E-state index contributed by atoms with van der Waals surface area (Å²) in [5, 5.41) is 17.9. The zero-order valence-electron chi connectivity index (χ0n) is 7.65. The van der Waals surface area contributed by atoms with Gasteiger partial charge in [0.2, 0.25) is 0 Å². The Bertz CT molecular complexity index is 382. The molecule has 0 atom stereocenters. The van der Waals surface area contributed by atoms with Crippen molar-refractivity contribution in [3.05, 3.63) is 29.3 Å². The molecule has 0 saturated carbocycles. The van der Waals surface area contributed by atoms with E-state index < -0.39 is 5.97 Å². The van der Waals surface area contributed by atoms with Crippen molar-refractivity contribution in [1.29, 1.82) is 0 Å². The van der Waals surface area contributed by atoms with E-state index >= 15 is 0 Å². The van der Waals surface area contributed by atoms with E-state index in [-0.39, 0.29) is 23.5 Å². The molecule has 0 unspecified atom stereocenters. The highest BCUT2D eigenvalue weighted by atomic mass is 16.4. The minimum atomic E-state index is -1.20. The van der Waals surface area contributed by atoms with Gasteiger partial charge in [-0.1, -0.05) is 6.07 Å². The number of carbonyl (C=O) groups is 2. The van der Waals surface area contributed by atoms with Crippen molar-refractivity contribution in [1.82, 2.24) is 0 Å². The fraction of sp³-hybridized carbons (Fsp3) is 0.200. The van der Waals surface area contributed by atoms with Crippen LogP contribution in [0.5, 0.6) is 5.75 Å². The Labute approximate surface area is 80.8 Å².